The molecule has 15 heavy (non-hydrogen) atoms. The van der Waals surface area contributed by atoms with E-state index in [9.17, 15) is 0 Å². The van der Waals surface area contributed by atoms with Crippen molar-refractivity contribution in [3.63, 3.8) is 0 Å². The van der Waals surface area contributed by atoms with Crippen molar-refractivity contribution in [1.82, 2.24) is 4.98 Å². The van der Waals surface area contributed by atoms with E-state index in [1.807, 2.05) is 0 Å². The molecule has 1 aromatic heterocycles. The highest BCUT2D eigenvalue weighted by molar-refractivity contribution is 7.13. The van der Waals surface area contributed by atoms with Crippen molar-refractivity contribution in [1.29, 1.82) is 0 Å². The van der Waals surface area contributed by atoms with Crippen LogP contribution in [0.4, 0.5) is 5.13 Å². The molecule has 0 atom stereocenters. The van der Waals surface area contributed by atoms with Gasteiger partial charge in [0.15, 0.2) is 5.13 Å². The van der Waals surface area contributed by atoms with E-state index >= 15 is 0 Å². The van der Waals surface area contributed by atoms with Gasteiger partial charge in [-0.3, -0.25) is 0 Å². The minimum Gasteiger partial charge on any atom is -0.349 e. The zero-order valence-electron chi connectivity index (χ0n) is 10.5. The quantitative estimate of drug-likeness (QED) is 0.780. The van der Waals surface area contributed by atoms with Crippen LogP contribution in [0.5, 0.6) is 0 Å². The molecule has 0 aliphatic rings. The standard InChI is InChI=1S/C12H22N2S/c1-6-14(7-2)11-13-10(9-15-11)8-12(3,4)5/h9H,6-8H2,1-5H3. The Morgan fingerprint density at radius 3 is 2.33 bits per heavy atom. The molecule has 0 spiro atoms. The zero-order valence-corrected chi connectivity index (χ0v) is 11.3. The van der Waals surface area contributed by atoms with Gasteiger partial charge >= 0.3 is 0 Å². The van der Waals surface area contributed by atoms with Gasteiger partial charge in [0.25, 0.3) is 0 Å². The van der Waals surface area contributed by atoms with Gasteiger partial charge in [-0.2, -0.15) is 0 Å². The van der Waals surface area contributed by atoms with Gasteiger partial charge in [0.05, 0.1) is 5.69 Å². The van der Waals surface area contributed by atoms with E-state index in [1.54, 1.807) is 11.3 Å². The van der Waals surface area contributed by atoms with Gasteiger partial charge in [-0.25, -0.2) is 4.98 Å². The van der Waals surface area contributed by atoms with Crippen LogP contribution in [0.3, 0.4) is 0 Å². The van der Waals surface area contributed by atoms with Crippen LogP contribution in [0.15, 0.2) is 5.38 Å². The molecule has 0 unspecified atom stereocenters. The molecule has 0 saturated heterocycles. The van der Waals surface area contributed by atoms with Gasteiger partial charge in [0, 0.05) is 18.5 Å². The van der Waals surface area contributed by atoms with E-state index in [1.165, 1.54) is 10.8 Å². The van der Waals surface area contributed by atoms with Crippen LogP contribution in [0, 0.1) is 5.41 Å². The highest BCUT2D eigenvalue weighted by atomic mass is 32.1. The van der Waals surface area contributed by atoms with Crippen LogP contribution in [0.25, 0.3) is 0 Å². The van der Waals surface area contributed by atoms with Crippen molar-refractivity contribution in [2.75, 3.05) is 18.0 Å². The fourth-order valence-electron chi connectivity index (χ4n) is 1.56. The minimum absolute atomic E-state index is 0.328. The second kappa shape index (κ2) is 4.97. The Hall–Kier alpha value is -0.570. The van der Waals surface area contributed by atoms with Crippen molar-refractivity contribution < 1.29 is 0 Å². The molecule has 0 fully saturated rings. The maximum absolute atomic E-state index is 4.68. The molecule has 1 heterocycles. The molecule has 1 aromatic rings. The first-order valence-electron chi connectivity index (χ1n) is 5.65. The molecule has 0 aliphatic heterocycles. The van der Waals surface area contributed by atoms with Gasteiger partial charge in [-0.05, 0) is 25.7 Å². The summed E-state index contributed by atoms with van der Waals surface area (Å²) in [6.07, 6.45) is 1.06. The molecule has 1 rings (SSSR count). The highest BCUT2D eigenvalue weighted by Crippen LogP contribution is 2.25. The molecule has 0 aliphatic carbocycles. The lowest BCUT2D eigenvalue weighted by Gasteiger charge is -2.18. The molecule has 0 radical (unpaired) electrons. The zero-order chi connectivity index (χ0) is 11.5. The molecule has 0 N–H and O–H groups in total. The lowest BCUT2D eigenvalue weighted by Crippen LogP contribution is -2.21. The predicted molar refractivity (Wildman–Crippen MR) is 68.8 cm³/mol. The van der Waals surface area contributed by atoms with Crippen molar-refractivity contribution in [3.8, 4) is 0 Å². The molecule has 0 aromatic carbocycles. The van der Waals surface area contributed by atoms with E-state index in [0.717, 1.165) is 19.5 Å². The van der Waals surface area contributed by atoms with Crippen molar-refractivity contribution >= 4 is 16.5 Å². The summed E-state index contributed by atoms with van der Waals surface area (Å²) in [6.45, 7) is 13.2. The molecule has 0 saturated carbocycles. The summed E-state index contributed by atoms with van der Waals surface area (Å²) in [7, 11) is 0. The van der Waals surface area contributed by atoms with Gasteiger partial charge in [0.1, 0.15) is 0 Å². The number of aromatic nitrogens is 1. The van der Waals surface area contributed by atoms with E-state index in [-0.39, 0.29) is 0 Å². The monoisotopic (exact) mass is 226 g/mol. The van der Waals surface area contributed by atoms with Crippen molar-refractivity contribution in [2.45, 2.75) is 41.0 Å². The Bertz CT molecular complexity index is 295. The van der Waals surface area contributed by atoms with Gasteiger partial charge in [-0.1, -0.05) is 20.8 Å². The third kappa shape index (κ3) is 3.82. The Morgan fingerprint density at radius 1 is 1.27 bits per heavy atom. The predicted octanol–water partition coefficient (Wildman–Crippen LogP) is 3.58. The number of hydrogen-bond donors (Lipinski definition) is 0. The molecule has 86 valence electrons. The highest BCUT2D eigenvalue weighted by Gasteiger charge is 2.15. The molecule has 0 amide bonds. The maximum atomic E-state index is 4.68. The van der Waals surface area contributed by atoms with Crippen LogP contribution in [0.1, 0.15) is 40.3 Å². The van der Waals surface area contributed by atoms with E-state index in [2.05, 4.69) is 49.9 Å². The second-order valence-electron chi connectivity index (χ2n) is 5.03. The summed E-state index contributed by atoms with van der Waals surface area (Å²) in [4.78, 5) is 6.98. The summed E-state index contributed by atoms with van der Waals surface area (Å²) >= 11 is 1.76. The first kappa shape index (κ1) is 12.5. The van der Waals surface area contributed by atoms with Crippen LogP contribution in [-0.4, -0.2) is 18.1 Å². The Morgan fingerprint density at radius 2 is 1.87 bits per heavy atom. The van der Waals surface area contributed by atoms with Gasteiger partial charge in [0.2, 0.25) is 0 Å². The average molecular weight is 226 g/mol. The second-order valence-corrected chi connectivity index (χ2v) is 5.87. The summed E-state index contributed by atoms with van der Waals surface area (Å²) in [5, 5.41) is 3.36. The Kier molecular flexibility index (Phi) is 4.14. The largest absolute Gasteiger partial charge is 0.349 e. The number of anilines is 1. The third-order valence-corrected chi connectivity index (χ3v) is 3.24. The lowest BCUT2D eigenvalue weighted by molar-refractivity contribution is 0.407. The van der Waals surface area contributed by atoms with E-state index < -0.39 is 0 Å². The molecular weight excluding hydrogens is 204 g/mol. The molecule has 3 heteroatoms. The molecular formula is C12H22N2S. The number of rotatable bonds is 4. The Balaban J connectivity index is 2.71. The maximum Gasteiger partial charge on any atom is 0.185 e. The van der Waals surface area contributed by atoms with Crippen molar-refractivity contribution in [2.24, 2.45) is 5.41 Å². The first-order valence-corrected chi connectivity index (χ1v) is 6.53. The fraction of sp³-hybridized carbons (Fsp3) is 0.750. The number of nitrogens with zero attached hydrogens (tertiary/aromatic N) is 2. The van der Waals surface area contributed by atoms with Crippen LogP contribution in [0.2, 0.25) is 0 Å². The molecule has 0 bridgehead atoms. The van der Waals surface area contributed by atoms with Crippen LogP contribution < -0.4 is 4.90 Å². The first-order chi connectivity index (χ1) is 6.96. The fourth-order valence-corrected chi connectivity index (χ4v) is 2.51. The van der Waals surface area contributed by atoms with E-state index in [4.69, 9.17) is 0 Å². The topological polar surface area (TPSA) is 16.1 Å². The van der Waals surface area contributed by atoms with Crippen molar-refractivity contribution in [3.05, 3.63) is 11.1 Å². The number of thiazole rings is 1. The normalized spacial score (nSPS) is 11.8. The Labute approximate surface area is 97.3 Å². The smallest absolute Gasteiger partial charge is 0.185 e. The lowest BCUT2D eigenvalue weighted by atomic mass is 9.91. The SMILES string of the molecule is CCN(CC)c1nc(CC(C)(C)C)cs1. The van der Waals surface area contributed by atoms with Gasteiger partial charge in [-0.15, -0.1) is 11.3 Å². The molecule has 2 nitrogen and oxygen atoms in total. The van der Waals surface area contributed by atoms with Gasteiger partial charge < -0.3 is 4.90 Å². The third-order valence-electron chi connectivity index (χ3n) is 2.29. The van der Waals surface area contributed by atoms with Crippen LogP contribution >= 0.6 is 11.3 Å². The summed E-state index contributed by atoms with van der Waals surface area (Å²) in [5.74, 6) is 0. The van der Waals surface area contributed by atoms with Crippen LogP contribution in [-0.2, 0) is 6.42 Å². The summed E-state index contributed by atoms with van der Waals surface area (Å²) in [6, 6.07) is 0. The number of hydrogen-bond acceptors (Lipinski definition) is 3. The van der Waals surface area contributed by atoms with E-state index in [0.29, 0.717) is 5.41 Å². The summed E-state index contributed by atoms with van der Waals surface area (Å²) in [5.41, 5.74) is 1.56. The average Bonchev–Trinajstić information content (AvgIpc) is 2.52. The summed E-state index contributed by atoms with van der Waals surface area (Å²) < 4.78 is 0. The minimum atomic E-state index is 0.328.